The quantitative estimate of drug-likeness (QED) is 0.638. The third-order valence-corrected chi connectivity index (χ3v) is 5.96. The van der Waals surface area contributed by atoms with Crippen molar-refractivity contribution in [1.82, 2.24) is 14.7 Å². The zero-order valence-electron chi connectivity index (χ0n) is 16.5. The van der Waals surface area contributed by atoms with E-state index in [1.165, 1.54) is 0 Å². The Kier molecular flexibility index (Phi) is 7.67. The van der Waals surface area contributed by atoms with Crippen LogP contribution in [-0.4, -0.2) is 98.8 Å². The van der Waals surface area contributed by atoms with E-state index in [1.807, 2.05) is 15.9 Å². The molecule has 0 aliphatic carbocycles. The maximum atomic E-state index is 12.6. The summed E-state index contributed by atoms with van der Waals surface area (Å²) in [6.07, 6.45) is 7.11. The lowest BCUT2D eigenvalue weighted by molar-refractivity contribution is -0.136. The van der Waals surface area contributed by atoms with E-state index in [0.717, 1.165) is 65.2 Å². The standard InChI is InChI=1S/C20H33N3O4/c1-26-13-12-23-18-7-9-22(16-17(18)4-2-5-20(23)25)19(24)6-3-8-21-10-14-27-15-11-21/h3,6,17-18H,2,4-5,7-16H2,1H3/t17-,18+/m0/s1. The summed E-state index contributed by atoms with van der Waals surface area (Å²) in [5.74, 6) is 0.712. The van der Waals surface area contributed by atoms with Gasteiger partial charge in [0.15, 0.2) is 0 Å². The number of likely N-dealkylation sites (tertiary alicyclic amines) is 2. The SMILES string of the molecule is COCCN1C(=O)CCC[C@H]2CN(C(=O)C=CCN3CCOCC3)CC[C@H]21. The molecule has 2 atom stereocenters. The molecule has 7 nitrogen and oxygen atoms in total. The van der Waals surface area contributed by atoms with E-state index in [2.05, 4.69) is 4.90 Å². The van der Waals surface area contributed by atoms with E-state index < -0.39 is 0 Å². The maximum Gasteiger partial charge on any atom is 0.246 e. The van der Waals surface area contributed by atoms with Crippen LogP contribution < -0.4 is 0 Å². The van der Waals surface area contributed by atoms with E-state index in [0.29, 0.717) is 25.5 Å². The average molecular weight is 380 g/mol. The molecule has 27 heavy (non-hydrogen) atoms. The number of carbonyl (C=O) groups excluding carboxylic acids is 2. The first-order valence-corrected chi connectivity index (χ1v) is 10.2. The Bertz CT molecular complexity index is 533. The molecule has 3 heterocycles. The van der Waals surface area contributed by atoms with Crippen LogP contribution in [0.25, 0.3) is 0 Å². The predicted octanol–water partition coefficient (Wildman–Crippen LogP) is 0.751. The van der Waals surface area contributed by atoms with Crippen molar-refractivity contribution in [3.63, 3.8) is 0 Å². The molecular weight excluding hydrogens is 346 g/mol. The van der Waals surface area contributed by atoms with Crippen molar-refractivity contribution < 1.29 is 19.1 Å². The van der Waals surface area contributed by atoms with E-state index >= 15 is 0 Å². The predicted molar refractivity (Wildman–Crippen MR) is 102 cm³/mol. The Labute approximate surface area is 162 Å². The largest absolute Gasteiger partial charge is 0.383 e. The molecule has 0 radical (unpaired) electrons. The van der Waals surface area contributed by atoms with Crippen LogP contribution in [0, 0.1) is 5.92 Å². The molecule has 152 valence electrons. The minimum absolute atomic E-state index is 0.0979. The van der Waals surface area contributed by atoms with E-state index in [4.69, 9.17) is 9.47 Å². The molecule has 3 rings (SSSR count). The molecule has 0 aromatic rings. The number of rotatable bonds is 6. The summed E-state index contributed by atoms with van der Waals surface area (Å²) in [5.41, 5.74) is 0. The number of hydrogen-bond acceptors (Lipinski definition) is 5. The lowest BCUT2D eigenvalue weighted by Crippen LogP contribution is -2.53. The summed E-state index contributed by atoms with van der Waals surface area (Å²) in [7, 11) is 1.67. The Hall–Kier alpha value is -1.44. The van der Waals surface area contributed by atoms with Crippen LogP contribution in [0.15, 0.2) is 12.2 Å². The van der Waals surface area contributed by atoms with Crippen molar-refractivity contribution in [1.29, 1.82) is 0 Å². The molecule has 0 saturated carbocycles. The summed E-state index contributed by atoms with van der Waals surface area (Å²) in [6, 6.07) is 0.247. The number of fused-ring (bicyclic) bond motifs is 1. The lowest BCUT2D eigenvalue weighted by atomic mass is 9.88. The summed E-state index contributed by atoms with van der Waals surface area (Å²) in [5, 5.41) is 0. The zero-order chi connectivity index (χ0) is 19.1. The van der Waals surface area contributed by atoms with Crippen LogP contribution in [-0.2, 0) is 19.1 Å². The normalized spacial score (nSPS) is 27.7. The fourth-order valence-electron chi connectivity index (χ4n) is 4.43. The van der Waals surface area contributed by atoms with E-state index in [9.17, 15) is 9.59 Å². The molecule has 0 bridgehead atoms. The number of hydrogen-bond donors (Lipinski definition) is 0. The number of ether oxygens (including phenoxy) is 2. The van der Waals surface area contributed by atoms with Gasteiger partial charge in [0.05, 0.1) is 19.8 Å². The summed E-state index contributed by atoms with van der Waals surface area (Å²) >= 11 is 0. The van der Waals surface area contributed by atoms with Gasteiger partial charge in [0, 0.05) is 64.9 Å². The highest BCUT2D eigenvalue weighted by atomic mass is 16.5. The summed E-state index contributed by atoms with van der Waals surface area (Å²) < 4.78 is 10.5. The molecule has 3 aliphatic rings. The molecule has 3 aliphatic heterocycles. The number of methoxy groups -OCH3 is 1. The summed E-state index contributed by atoms with van der Waals surface area (Å²) in [6.45, 7) is 6.90. The molecule has 0 unspecified atom stereocenters. The van der Waals surface area contributed by atoms with Gasteiger partial charge in [-0.2, -0.15) is 0 Å². The first-order valence-electron chi connectivity index (χ1n) is 10.2. The third-order valence-electron chi connectivity index (χ3n) is 5.96. The van der Waals surface area contributed by atoms with Crippen molar-refractivity contribution in [2.75, 3.05) is 66.2 Å². The fraction of sp³-hybridized carbons (Fsp3) is 0.800. The second kappa shape index (κ2) is 10.2. The smallest absolute Gasteiger partial charge is 0.246 e. The highest BCUT2D eigenvalue weighted by Crippen LogP contribution is 2.30. The van der Waals surface area contributed by atoms with E-state index in [-0.39, 0.29) is 17.9 Å². The van der Waals surface area contributed by atoms with Gasteiger partial charge in [0.25, 0.3) is 0 Å². The molecule has 0 aromatic carbocycles. The van der Waals surface area contributed by atoms with Crippen LogP contribution in [0.5, 0.6) is 0 Å². The molecular formula is C20H33N3O4. The third kappa shape index (κ3) is 5.53. The Morgan fingerprint density at radius 3 is 2.85 bits per heavy atom. The monoisotopic (exact) mass is 379 g/mol. The highest BCUT2D eigenvalue weighted by Gasteiger charge is 2.38. The van der Waals surface area contributed by atoms with Crippen LogP contribution in [0.3, 0.4) is 0 Å². The van der Waals surface area contributed by atoms with Gasteiger partial charge in [0.1, 0.15) is 0 Å². The van der Waals surface area contributed by atoms with Crippen molar-refractivity contribution in [2.45, 2.75) is 31.7 Å². The first-order chi connectivity index (χ1) is 13.2. The minimum atomic E-state index is 0.0979. The molecule has 0 spiro atoms. The molecule has 0 N–H and O–H groups in total. The molecule has 2 amide bonds. The summed E-state index contributed by atoms with van der Waals surface area (Å²) in [4.78, 5) is 31.3. The highest BCUT2D eigenvalue weighted by molar-refractivity contribution is 5.87. The van der Waals surface area contributed by atoms with E-state index in [1.54, 1.807) is 13.2 Å². The van der Waals surface area contributed by atoms with Crippen LogP contribution >= 0.6 is 0 Å². The van der Waals surface area contributed by atoms with Crippen molar-refractivity contribution in [2.24, 2.45) is 5.92 Å². The van der Waals surface area contributed by atoms with Gasteiger partial charge >= 0.3 is 0 Å². The van der Waals surface area contributed by atoms with Crippen molar-refractivity contribution >= 4 is 11.8 Å². The zero-order valence-corrected chi connectivity index (χ0v) is 16.5. The average Bonchev–Trinajstić information content (AvgIpc) is 2.84. The van der Waals surface area contributed by atoms with Gasteiger partial charge in [-0.25, -0.2) is 0 Å². The molecule has 3 saturated heterocycles. The second-order valence-corrected chi connectivity index (χ2v) is 7.69. The Morgan fingerprint density at radius 2 is 2.07 bits per heavy atom. The Morgan fingerprint density at radius 1 is 1.26 bits per heavy atom. The first kappa shape index (κ1) is 20.3. The topological polar surface area (TPSA) is 62.3 Å². The lowest BCUT2D eigenvalue weighted by Gasteiger charge is -2.42. The number of piperidine rings is 1. The molecule has 3 fully saturated rings. The second-order valence-electron chi connectivity index (χ2n) is 7.69. The van der Waals surface area contributed by atoms with Crippen molar-refractivity contribution in [3.8, 4) is 0 Å². The van der Waals surface area contributed by atoms with Crippen LogP contribution in [0.2, 0.25) is 0 Å². The maximum absolute atomic E-state index is 12.6. The number of carbonyl (C=O) groups is 2. The van der Waals surface area contributed by atoms with Gasteiger partial charge in [-0.1, -0.05) is 6.08 Å². The number of morpholine rings is 1. The fourth-order valence-corrected chi connectivity index (χ4v) is 4.43. The van der Waals surface area contributed by atoms with Gasteiger partial charge in [-0.3, -0.25) is 14.5 Å². The van der Waals surface area contributed by atoms with Gasteiger partial charge in [-0.05, 0) is 25.2 Å². The van der Waals surface area contributed by atoms with Gasteiger partial charge in [0.2, 0.25) is 11.8 Å². The minimum Gasteiger partial charge on any atom is -0.383 e. The van der Waals surface area contributed by atoms with Crippen LogP contribution in [0.4, 0.5) is 0 Å². The van der Waals surface area contributed by atoms with Crippen molar-refractivity contribution in [3.05, 3.63) is 12.2 Å². The number of nitrogens with zero attached hydrogens (tertiary/aromatic N) is 3. The van der Waals surface area contributed by atoms with Crippen LogP contribution in [0.1, 0.15) is 25.7 Å². The Balaban J connectivity index is 1.53. The van der Waals surface area contributed by atoms with Gasteiger partial charge < -0.3 is 19.3 Å². The number of amides is 2. The molecule has 0 aromatic heterocycles. The van der Waals surface area contributed by atoms with Gasteiger partial charge in [-0.15, -0.1) is 0 Å². The molecule has 7 heteroatoms.